The van der Waals surface area contributed by atoms with Crippen molar-refractivity contribution in [3.05, 3.63) is 21.4 Å². The molecule has 4 N–H and O–H groups in total. The Balaban J connectivity index is 1.91. The summed E-state index contributed by atoms with van der Waals surface area (Å²) in [7, 11) is 0. The molecule has 0 radical (unpaired) electrons. The number of nitrogens with two attached hydrogens (primary N) is 2. The Labute approximate surface area is 120 Å². The Kier molecular flexibility index (Phi) is 3.43. The minimum Gasteiger partial charge on any atom is -0.391 e. The maximum Gasteiger partial charge on any atom is 0.300 e. The summed E-state index contributed by atoms with van der Waals surface area (Å²) >= 11 is 1.34. The summed E-state index contributed by atoms with van der Waals surface area (Å²) in [6, 6.07) is 0. The monoisotopic (exact) mass is 291 g/mol. The number of fused-ring (bicyclic) bond motifs is 1. The van der Waals surface area contributed by atoms with Gasteiger partial charge in [0.05, 0.1) is 0 Å². The molecule has 2 heterocycles. The second kappa shape index (κ2) is 5.24. The first-order valence-corrected chi connectivity index (χ1v) is 7.60. The first-order valence-electron chi connectivity index (χ1n) is 6.78. The molecule has 1 aliphatic rings. The molecule has 1 aliphatic carbocycles. The molecule has 0 unspecified atom stereocenters. The van der Waals surface area contributed by atoms with Gasteiger partial charge in [-0.1, -0.05) is 36.7 Å². The largest absolute Gasteiger partial charge is 0.391 e. The fourth-order valence-corrected chi connectivity index (χ4v) is 3.31. The zero-order valence-electron chi connectivity index (χ0n) is 11.1. The second-order valence-corrected chi connectivity index (χ2v) is 6.10. The van der Waals surface area contributed by atoms with Crippen LogP contribution in [0.1, 0.15) is 37.1 Å². The number of hydrogen-bond acceptors (Lipinski definition) is 6. The summed E-state index contributed by atoms with van der Waals surface area (Å²) < 4.78 is 1.22. The minimum absolute atomic E-state index is 0.0457. The molecule has 6 nitrogen and oxygen atoms in total. The molecule has 0 aliphatic heterocycles. The van der Waals surface area contributed by atoms with E-state index < -0.39 is 5.56 Å². The van der Waals surface area contributed by atoms with Crippen LogP contribution in [0.3, 0.4) is 0 Å². The average molecular weight is 291 g/mol. The minimum atomic E-state index is -0.402. The number of rotatable bonds is 2. The van der Waals surface area contributed by atoms with Crippen molar-refractivity contribution in [2.75, 3.05) is 11.5 Å². The molecule has 0 atom stereocenters. The molecule has 2 aromatic heterocycles. The van der Waals surface area contributed by atoms with Crippen molar-refractivity contribution in [1.82, 2.24) is 14.6 Å². The summed E-state index contributed by atoms with van der Waals surface area (Å²) in [6.07, 6.45) is 10.6. The maximum atomic E-state index is 11.9. The zero-order valence-corrected chi connectivity index (χ0v) is 11.9. The third-order valence-corrected chi connectivity index (χ3v) is 4.52. The van der Waals surface area contributed by atoms with Crippen LogP contribution >= 0.6 is 11.3 Å². The van der Waals surface area contributed by atoms with Crippen molar-refractivity contribution >= 4 is 33.9 Å². The number of hydrogen-bond donors (Lipinski definition) is 2. The highest BCUT2D eigenvalue weighted by Gasteiger charge is 2.12. The van der Waals surface area contributed by atoms with Gasteiger partial charge in [-0.2, -0.15) is 14.6 Å². The average Bonchev–Trinajstić information content (AvgIpc) is 2.87. The van der Waals surface area contributed by atoms with Gasteiger partial charge in [0.2, 0.25) is 4.96 Å². The van der Waals surface area contributed by atoms with Crippen LogP contribution in [0.25, 0.3) is 11.0 Å². The Bertz CT molecular complexity index is 711. The Morgan fingerprint density at radius 3 is 2.75 bits per heavy atom. The summed E-state index contributed by atoms with van der Waals surface area (Å²) in [5, 5.41) is 4.99. The van der Waals surface area contributed by atoms with Crippen molar-refractivity contribution in [2.24, 2.45) is 5.92 Å². The van der Waals surface area contributed by atoms with E-state index in [0.29, 0.717) is 10.9 Å². The smallest absolute Gasteiger partial charge is 0.300 e. The SMILES string of the molecule is Nc1nc2sc(/C=C/C3CCCCC3)nn2c(=O)c1N. The van der Waals surface area contributed by atoms with Crippen molar-refractivity contribution in [1.29, 1.82) is 0 Å². The van der Waals surface area contributed by atoms with E-state index in [9.17, 15) is 4.79 Å². The van der Waals surface area contributed by atoms with E-state index in [0.717, 1.165) is 5.01 Å². The predicted molar refractivity (Wildman–Crippen MR) is 81.6 cm³/mol. The van der Waals surface area contributed by atoms with Gasteiger partial charge >= 0.3 is 5.56 Å². The van der Waals surface area contributed by atoms with Gasteiger partial charge in [-0.05, 0) is 24.8 Å². The van der Waals surface area contributed by atoms with Gasteiger partial charge in [0.1, 0.15) is 10.7 Å². The lowest BCUT2D eigenvalue weighted by molar-refractivity contribution is 0.420. The molecule has 0 bridgehead atoms. The molecule has 1 fully saturated rings. The van der Waals surface area contributed by atoms with E-state index in [-0.39, 0.29) is 11.5 Å². The fraction of sp³-hybridized carbons (Fsp3) is 0.462. The van der Waals surface area contributed by atoms with E-state index >= 15 is 0 Å². The van der Waals surface area contributed by atoms with E-state index in [1.165, 1.54) is 48.0 Å². The number of allylic oxidation sites excluding steroid dienone is 1. The molecule has 0 saturated heterocycles. The Morgan fingerprint density at radius 2 is 2.00 bits per heavy atom. The fourth-order valence-electron chi connectivity index (χ4n) is 2.50. The molecule has 7 heteroatoms. The van der Waals surface area contributed by atoms with Crippen molar-refractivity contribution in [2.45, 2.75) is 32.1 Å². The van der Waals surface area contributed by atoms with Crippen molar-refractivity contribution in [3.8, 4) is 0 Å². The first kappa shape index (κ1) is 13.1. The summed E-state index contributed by atoms with van der Waals surface area (Å²) in [4.78, 5) is 16.5. The summed E-state index contributed by atoms with van der Waals surface area (Å²) in [5.41, 5.74) is 10.7. The van der Waals surface area contributed by atoms with Gasteiger partial charge in [0.15, 0.2) is 5.82 Å². The highest BCUT2D eigenvalue weighted by molar-refractivity contribution is 7.17. The zero-order chi connectivity index (χ0) is 14.1. The van der Waals surface area contributed by atoms with E-state index in [1.54, 1.807) is 0 Å². The normalized spacial score (nSPS) is 17.2. The Hall–Kier alpha value is -1.89. The molecule has 106 valence electrons. The van der Waals surface area contributed by atoms with Crippen LogP contribution in [0.15, 0.2) is 10.9 Å². The molecule has 2 aromatic rings. The van der Waals surface area contributed by atoms with Crippen LogP contribution < -0.4 is 17.0 Å². The van der Waals surface area contributed by atoms with E-state index in [1.807, 2.05) is 6.08 Å². The number of anilines is 2. The quantitative estimate of drug-likeness (QED) is 0.880. The Morgan fingerprint density at radius 1 is 1.25 bits per heavy atom. The number of nitrogen functional groups attached to an aromatic ring is 2. The molecule has 1 saturated carbocycles. The maximum absolute atomic E-state index is 11.9. The summed E-state index contributed by atoms with van der Waals surface area (Å²) in [5.74, 6) is 0.692. The molecular weight excluding hydrogens is 274 g/mol. The van der Waals surface area contributed by atoms with Gasteiger partial charge in [0, 0.05) is 0 Å². The second-order valence-electron chi connectivity index (χ2n) is 5.11. The first-order chi connectivity index (χ1) is 9.65. The van der Waals surface area contributed by atoms with Crippen LogP contribution in [0.2, 0.25) is 0 Å². The third-order valence-electron chi connectivity index (χ3n) is 3.65. The molecule has 0 spiro atoms. The highest BCUT2D eigenvalue weighted by atomic mass is 32.1. The van der Waals surface area contributed by atoms with Gasteiger partial charge in [-0.25, -0.2) is 0 Å². The van der Waals surface area contributed by atoms with Crippen LogP contribution in [0.4, 0.5) is 11.5 Å². The van der Waals surface area contributed by atoms with Crippen LogP contribution in [0.5, 0.6) is 0 Å². The molecule has 3 rings (SSSR count). The van der Waals surface area contributed by atoms with Crippen LogP contribution in [-0.2, 0) is 0 Å². The lowest BCUT2D eigenvalue weighted by atomic mass is 9.89. The van der Waals surface area contributed by atoms with E-state index in [4.69, 9.17) is 11.5 Å². The molecule has 0 amide bonds. The van der Waals surface area contributed by atoms with E-state index in [2.05, 4.69) is 16.2 Å². The van der Waals surface area contributed by atoms with Gasteiger partial charge in [-0.3, -0.25) is 4.79 Å². The van der Waals surface area contributed by atoms with Gasteiger partial charge < -0.3 is 11.5 Å². The number of nitrogens with zero attached hydrogens (tertiary/aromatic N) is 3. The van der Waals surface area contributed by atoms with Crippen LogP contribution in [0, 0.1) is 5.92 Å². The molecule has 0 aromatic carbocycles. The van der Waals surface area contributed by atoms with Gasteiger partial charge in [-0.15, -0.1) is 0 Å². The topological polar surface area (TPSA) is 99.3 Å². The van der Waals surface area contributed by atoms with Crippen LogP contribution in [-0.4, -0.2) is 14.6 Å². The standard InChI is InChI=1S/C13H17N5OS/c14-10-11(15)16-13-18(12(10)19)17-9(20-13)7-6-8-4-2-1-3-5-8/h6-8H,1-5,14-15H2/b7-6+. The lowest BCUT2D eigenvalue weighted by Crippen LogP contribution is -2.20. The molecule has 20 heavy (non-hydrogen) atoms. The lowest BCUT2D eigenvalue weighted by Gasteiger charge is -2.17. The summed E-state index contributed by atoms with van der Waals surface area (Å²) in [6.45, 7) is 0. The third kappa shape index (κ3) is 2.40. The predicted octanol–water partition coefficient (Wildman–Crippen LogP) is 1.91. The number of aromatic nitrogens is 3. The highest BCUT2D eigenvalue weighted by Crippen LogP contribution is 2.26. The van der Waals surface area contributed by atoms with Crippen molar-refractivity contribution < 1.29 is 0 Å². The van der Waals surface area contributed by atoms with Crippen molar-refractivity contribution in [3.63, 3.8) is 0 Å². The molecular formula is C13H17N5OS. The van der Waals surface area contributed by atoms with Gasteiger partial charge in [0.25, 0.3) is 0 Å².